The lowest BCUT2D eigenvalue weighted by molar-refractivity contribution is -0.168. The maximum Gasteiger partial charge on any atom is 0.163 e. The molecule has 0 spiro atoms. The van der Waals surface area contributed by atoms with Gasteiger partial charge in [0.25, 0.3) is 0 Å². The Kier molecular flexibility index (Phi) is 2.11. The lowest BCUT2D eigenvalue weighted by Gasteiger charge is -2.22. The lowest BCUT2D eigenvalue weighted by atomic mass is 10.1. The number of aliphatic hydroxyl groups is 2. The number of rotatable bonds is 1. The molecule has 0 radical (unpaired) electrons. The second-order valence-corrected chi connectivity index (χ2v) is 4.31. The molecule has 0 aromatic rings. The fourth-order valence-corrected chi connectivity index (χ4v) is 2.22. The maximum absolute atomic E-state index is 9.73. The second kappa shape index (κ2) is 2.92. The van der Waals surface area contributed by atoms with E-state index >= 15 is 0 Å². The third-order valence-corrected chi connectivity index (χ3v) is 2.81. The average molecular weight is 188 g/mol. The van der Waals surface area contributed by atoms with E-state index in [1.807, 2.05) is 13.8 Å². The predicted molar refractivity (Wildman–Crippen MR) is 45.0 cm³/mol. The highest BCUT2D eigenvalue weighted by Gasteiger charge is 2.52. The fourth-order valence-electron chi connectivity index (χ4n) is 2.22. The summed E-state index contributed by atoms with van der Waals surface area (Å²) in [4.78, 5) is 0. The van der Waals surface area contributed by atoms with E-state index in [2.05, 4.69) is 0 Å². The smallest absolute Gasteiger partial charge is 0.163 e. The molecule has 1 aliphatic carbocycles. The zero-order chi connectivity index (χ0) is 9.64. The fraction of sp³-hybridized carbons (Fsp3) is 1.00. The van der Waals surface area contributed by atoms with Crippen molar-refractivity contribution >= 4 is 0 Å². The predicted octanol–water partition coefficient (Wildman–Crippen LogP) is -0.120. The van der Waals surface area contributed by atoms with E-state index in [4.69, 9.17) is 14.6 Å². The van der Waals surface area contributed by atoms with Crippen LogP contribution in [-0.4, -0.2) is 40.9 Å². The van der Waals surface area contributed by atoms with Crippen LogP contribution in [0.2, 0.25) is 0 Å². The summed E-state index contributed by atoms with van der Waals surface area (Å²) in [5, 5.41) is 18.7. The van der Waals surface area contributed by atoms with Crippen LogP contribution in [0.3, 0.4) is 0 Å². The average Bonchev–Trinajstić information content (AvgIpc) is 2.47. The third-order valence-electron chi connectivity index (χ3n) is 2.81. The Morgan fingerprint density at radius 3 is 2.62 bits per heavy atom. The Hall–Kier alpha value is -0.160. The molecule has 4 heteroatoms. The molecule has 1 aliphatic heterocycles. The Labute approximate surface area is 77.5 Å². The van der Waals surface area contributed by atoms with Gasteiger partial charge >= 0.3 is 0 Å². The van der Waals surface area contributed by atoms with Gasteiger partial charge in [-0.2, -0.15) is 0 Å². The lowest BCUT2D eigenvalue weighted by Crippen LogP contribution is -2.32. The quantitative estimate of drug-likeness (QED) is 0.602. The van der Waals surface area contributed by atoms with Crippen LogP contribution < -0.4 is 0 Å². The maximum atomic E-state index is 9.73. The van der Waals surface area contributed by atoms with E-state index in [9.17, 15) is 5.11 Å². The van der Waals surface area contributed by atoms with Crippen molar-refractivity contribution in [2.75, 3.05) is 6.61 Å². The van der Waals surface area contributed by atoms with Gasteiger partial charge in [-0.15, -0.1) is 0 Å². The number of ether oxygens (including phenoxy) is 2. The van der Waals surface area contributed by atoms with E-state index in [1.54, 1.807) is 0 Å². The minimum absolute atomic E-state index is 0.00130. The normalized spacial score (nSPS) is 48.0. The summed E-state index contributed by atoms with van der Waals surface area (Å²) in [5.41, 5.74) is 0. The molecule has 2 fully saturated rings. The molecule has 4 atom stereocenters. The summed E-state index contributed by atoms with van der Waals surface area (Å²) in [7, 11) is 0. The topological polar surface area (TPSA) is 58.9 Å². The summed E-state index contributed by atoms with van der Waals surface area (Å²) in [5.74, 6) is -0.678. The molecule has 0 amide bonds. The highest BCUT2D eigenvalue weighted by molar-refractivity contribution is 4.97. The van der Waals surface area contributed by atoms with Crippen LogP contribution in [0.15, 0.2) is 0 Å². The van der Waals surface area contributed by atoms with Crippen LogP contribution >= 0.6 is 0 Å². The minimum Gasteiger partial charge on any atom is -0.396 e. The van der Waals surface area contributed by atoms with Crippen molar-refractivity contribution in [3.63, 3.8) is 0 Å². The van der Waals surface area contributed by atoms with E-state index in [0.717, 1.165) is 0 Å². The van der Waals surface area contributed by atoms with Crippen LogP contribution in [0.5, 0.6) is 0 Å². The third kappa shape index (κ3) is 1.48. The first-order valence-corrected chi connectivity index (χ1v) is 4.68. The largest absolute Gasteiger partial charge is 0.396 e. The zero-order valence-corrected chi connectivity index (χ0v) is 7.93. The number of fused-ring (bicyclic) bond motifs is 1. The van der Waals surface area contributed by atoms with Gasteiger partial charge in [-0.3, -0.25) is 0 Å². The molecule has 0 bridgehead atoms. The second-order valence-electron chi connectivity index (χ2n) is 4.31. The van der Waals surface area contributed by atoms with Crippen molar-refractivity contribution in [2.24, 2.45) is 5.92 Å². The Morgan fingerprint density at radius 1 is 1.38 bits per heavy atom. The van der Waals surface area contributed by atoms with Crippen molar-refractivity contribution in [1.29, 1.82) is 0 Å². The van der Waals surface area contributed by atoms with Gasteiger partial charge < -0.3 is 19.7 Å². The summed E-state index contributed by atoms with van der Waals surface area (Å²) in [6.45, 7) is 3.68. The molecule has 0 aromatic carbocycles. The standard InChI is InChI=1S/C9H16O4/c1-9(2)12-6-3-5(4-10)7(11)8(6)13-9/h5-8,10-11H,3-4H2,1-2H3/t5-,6-,7-,8-/m0/s1. The molecule has 2 rings (SSSR count). The van der Waals surface area contributed by atoms with Crippen LogP contribution in [0.1, 0.15) is 20.3 Å². The summed E-state index contributed by atoms with van der Waals surface area (Å²) >= 11 is 0. The molecule has 76 valence electrons. The molecule has 2 N–H and O–H groups in total. The Morgan fingerprint density at radius 2 is 2.08 bits per heavy atom. The van der Waals surface area contributed by atoms with Gasteiger partial charge in [0.05, 0.1) is 12.2 Å². The number of hydrogen-bond acceptors (Lipinski definition) is 4. The van der Waals surface area contributed by atoms with Crippen molar-refractivity contribution in [3.8, 4) is 0 Å². The molecule has 0 unspecified atom stereocenters. The van der Waals surface area contributed by atoms with Gasteiger partial charge in [-0.05, 0) is 20.3 Å². The Balaban J connectivity index is 2.07. The summed E-state index contributed by atoms with van der Waals surface area (Å²) in [6, 6.07) is 0. The number of hydrogen-bond donors (Lipinski definition) is 2. The molecule has 1 heterocycles. The summed E-state index contributed by atoms with van der Waals surface area (Å²) < 4.78 is 11.1. The van der Waals surface area contributed by atoms with Crippen LogP contribution in [-0.2, 0) is 9.47 Å². The van der Waals surface area contributed by atoms with Crippen molar-refractivity contribution in [2.45, 2.75) is 44.4 Å². The molecule has 2 aliphatic rings. The van der Waals surface area contributed by atoms with Gasteiger partial charge in [0.2, 0.25) is 0 Å². The van der Waals surface area contributed by atoms with E-state index in [1.165, 1.54) is 0 Å². The molecule has 1 saturated carbocycles. The first kappa shape index (κ1) is 9.40. The van der Waals surface area contributed by atoms with Crippen LogP contribution in [0, 0.1) is 5.92 Å². The highest BCUT2D eigenvalue weighted by atomic mass is 16.8. The van der Waals surface area contributed by atoms with E-state index < -0.39 is 11.9 Å². The van der Waals surface area contributed by atoms with Crippen molar-refractivity contribution in [1.82, 2.24) is 0 Å². The van der Waals surface area contributed by atoms with Crippen LogP contribution in [0.4, 0.5) is 0 Å². The van der Waals surface area contributed by atoms with E-state index in [0.29, 0.717) is 6.42 Å². The van der Waals surface area contributed by atoms with Gasteiger partial charge in [0.1, 0.15) is 6.10 Å². The highest BCUT2D eigenvalue weighted by Crippen LogP contribution is 2.40. The SMILES string of the molecule is CC1(C)O[C@@H]2[C@@H](O)[C@H](CO)C[C@@H]2O1. The van der Waals surface area contributed by atoms with Crippen LogP contribution in [0.25, 0.3) is 0 Å². The van der Waals surface area contributed by atoms with Gasteiger partial charge in [0.15, 0.2) is 5.79 Å². The van der Waals surface area contributed by atoms with E-state index in [-0.39, 0.29) is 24.7 Å². The van der Waals surface area contributed by atoms with Crippen molar-refractivity contribution < 1.29 is 19.7 Å². The Bertz CT molecular complexity index is 204. The first-order chi connectivity index (χ1) is 6.03. The zero-order valence-electron chi connectivity index (χ0n) is 7.93. The monoisotopic (exact) mass is 188 g/mol. The number of aliphatic hydroxyl groups excluding tert-OH is 2. The first-order valence-electron chi connectivity index (χ1n) is 4.68. The van der Waals surface area contributed by atoms with Gasteiger partial charge in [-0.1, -0.05) is 0 Å². The molecule has 0 aromatic heterocycles. The van der Waals surface area contributed by atoms with Gasteiger partial charge in [0, 0.05) is 12.5 Å². The van der Waals surface area contributed by atoms with Crippen molar-refractivity contribution in [3.05, 3.63) is 0 Å². The minimum atomic E-state index is -0.587. The molecular formula is C9H16O4. The summed E-state index contributed by atoms with van der Waals surface area (Å²) in [6.07, 6.45) is -0.211. The molecule has 4 nitrogen and oxygen atoms in total. The molecular weight excluding hydrogens is 172 g/mol. The van der Waals surface area contributed by atoms with Gasteiger partial charge in [-0.25, -0.2) is 0 Å². The molecule has 13 heavy (non-hydrogen) atoms. The molecule has 1 saturated heterocycles.